The number of amides is 1. The zero-order chi connectivity index (χ0) is 21.8. The molecule has 0 aromatic heterocycles. The minimum atomic E-state index is -1.15. The van der Waals surface area contributed by atoms with Crippen molar-refractivity contribution in [1.29, 1.82) is 0 Å². The van der Waals surface area contributed by atoms with Crippen molar-refractivity contribution in [3.05, 3.63) is 55.9 Å². The van der Waals surface area contributed by atoms with Crippen LogP contribution in [0.1, 0.15) is 5.56 Å². The number of hydrogen-bond acceptors (Lipinski definition) is 6. The number of carbonyl (C=O) groups excluding carboxylic acids is 1. The monoisotopic (exact) mass is 486 g/mol. The molecule has 2 aromatic rings. The van der Waals surface area contributed by atoms with E-state index in [1.54, 1.807) is 30.3 Å². The third-order valence-corrected chi connectivity index (χ3v) is 5.69. The van der Waals surface area contributed by atoms with Crippen LogP contribution < -0.4 is 14.8 Å². The first kappa shape index (κ1) is 22.3. The second-order valence-corrected chi connectivity index (χ2v) is 7.99. The van der Waals surface area contributed by atoms with Gasteiger partial charge in [0.25, 0.3) is 5.91 Å². The summed E-state index contributed by atoms with van der Waals surface area (Å²) in [5.74, 6) is -1.16. The molecule has 3 rings (SSSR count). The van der Waals surface area contributed by atoms with E-state index in [0.29, 0.717) is 26.3 Å². The highest BCUT2D eigenvalue weighted by Gasteiger charge is 2.25. The van der Waals surface area contributed by atoms with Crippen LogP contribution in [0.4, 0.5) is 5.69 Å². The maximum absolute atomic E-state index is 12.3. The molecular weight excluding hydrogens is 475 g/mol. The average Bonchev–Trinajstić information content (AvgIpc) is 3.03. The van der Waals surface area contributed by atoms with Gasteiger partial charge in [0.05, 0.1) is 32.8 Å². The van der Waals surface area contributed by atoms with Crippen LogP contribution in [-0.4, -0.2) is 35.9 Å². The van der Waals surface area contributed by atoms with Gasteiger partial charge in [-0.05, 0) is 47.7 Å². The fraction of sp³-hybridized carbons (Fsp3) is 0.105. The Bertz CT molecular complexity index is 1090. The number of amidine groups is 1. The summed E-state index contributed by atoms with van der Waals surface area (Å²) in [4.78, 5) is 27.7. The number of carboxylic acids is 1. The second kappa shape index (κ2) is 9.61. The molecule has 1 saturated heterocycles. The molecular formula is C19H13Cl3N2O5S. The molecule has 0 atom stereocenters. The fourth-order valence-corrected chi connectivity index (χ4v) is 3.86. The number of aliphatic imine (C=N–C) groups is 1. The number of ether oxygens (including phenoxy) is 2. The molecule has 7 nitrogen and oxygen atoms in total. The quantitative estimate of drug-likeness (QED) is 0.556. The van der Waals surface area contributed by atoms with E-state index >= 15 is 0 Å². The highest BCUT2D eigenvalue weighted by atomic mass is 35.5. The summed E-state index contributed by atoms with van der Waals surface area (Å²) in [6, 6.07) is 8.13. The van der Waals surface area contributed by atoms with Crippen molar-refractivity contribution in [2.45, 2.75) is 0 Å². The molecule has 11 heteroatoms. The van der Waals surface area contributed by atoms with E-state index in [1.165, 1.54) is 13.2 Å². The molecule has 156 valence electrons. The highest BCUT2D eigenvalue weighted by molar-refractivity contribution is 8.18. The van der Waals surface area contributed by atoms with Gasteiger partial charge in [0.15, 0.2) is 23.3 Å². The number of benzene rings is 2. The molecule has 0 unspecified atom stereocenters. The maximum atomic E-state index is 12.3. The van der Waals surface area contributed by atoms with E-state index in [1.807, 2.05) is 0 Å². The molecule has 2 N–H and O–H groups in total. The first-order chi connectivity index (χ1) is 14.3. The number of halogens is 3. The first-order valence-electron chi connectivity index (χ1n) is 8.24. The van der Waals surface area contributed by atoms with Crippen molar-refractivity contribution in [1.82, 2.24) is 5.32 Å². The van der Waals surface area contributed by atoms with Crippen LogP contribution in [0.5, 0.6) is 11.5 Å². The number of hydrogen-bond donors (Lipinski definition) is 2. The number of carbonyl (C=O) groups is 2. The summed E-state index contributed by atoms with van der Waals surface area (Å²) < 4.78 is 10.4. The van der Waals surface area contributed by atoms with Crippen molar-refractivity contribution in [3.8, 4) is 11.5 Å². The van der Waals surface area contributed by atoms with E-state index in [2.05, 4.69) is 10.3 Å². The summed E-state index contributed by atoms with van der Waals surface area (Å²) in [6.07, 6.45) is 1.59. The lowest BCUT2D eigenvalue weighted by Gasteiger charge is -2.12. The van der Waals surface area contributed by atoms with E-state index in [0.717, 1.165) is 11.8 Å². The Labute approximate surface area is 190 Å². The van der Waals surface area contributed by atoms with E-state index < -0.39 is 12.6 Å². The van der Waals surface area contributed by atoms with Crippen LogP contribution >= 0.6 is 46.6 Å². The van der Waals surface area contributed by atoms with Gasteiger partial charge in [-0.3, -0.25) is 4.79 Å². The average molecular weight is 488 g/mol. The van der Waals surface area contributed by atoms with Crippen molar-refractivity contribution in [2.24, 2.45) is 4.99 Å². The van der Waals surface area contributed by atoms with Crippen molar-refractivity contribution in [3.63, 3.8) is 0 Å². The van der Waals surface area contributed by atoms with Gasteiger partial charge >= 0.3 is 5.97 Å². The number of aliphatic carboxylic acids is 1. The number of nitrogens with zero attached hydrogens (tertiary/aromatic N) is 1. The summed E-state index contributed by atoms with van der Waals surface area (Å²) in [6.45, 7) is -0.569. The van der Waals surface area contributed by atoms with Gasteiger partial charge in [0.1, 0.15) is 0 Å². The minimum absolute atomic E-state index is 0.102. The van der Waals surface area contributed by atoms with Gasteiger partial charge in [-0.2, -0.15) is 0 Å². The van der Waals surface area contributed by atoms with Gasteiger partial charge in [-0.1, -0.05) is 40.9 Å². The van der Waals surface area contributed by atoms with Crippen LogP contribution in [0.2, 0.25) is 15.1 Å². The highest BCUT2D eigenvalue weighted by Crippen LogP contribution is 2.38. The van der Waals surface area contributed by atoms with Crippen LogP contribution in [0, 0.1) is 0 Å². The van der Waals surface area contributed by atoms with Crippen LogP contribution in [-0.2, 0) is 9.59 Å². The molecule has 1 aliphatic heterocycles. The van der Waals surface area contributed by atoms with Crippen LogP contribution in [0.25, 0.3) is 6.08 Å². The third-order valence-electron chi connectivity index (χ3n) is 3.69. The standard InChI is InChI=1S/C19H13Cl3N2O5S/c1-28-13-6-9(5-11(21)17(13)29-8-15(25)26)7-14-18(27)24-19(30-14)23-12-4-2-3-10(20)16(12)22/h2-7H,8H2,1H3,(H,25,26)(H,23,24,27)/b14-7+. The molecule has 0 aliphatic carbocycles. The minimum Gasteiger partial charge on any atom is -0.493 e. The van der Waals surface area contributed by atoms with Crippen molar-refractivity contribution < 1.29 is 24.2 Å². The Hall–Kier alpha value is -2.39. The van der Waals surface area contributed by atoms with Crippen LogP contribution in [0.15, 0.2) is 40.2 Å². The first-order valence-corrected chi connectivity index (χ1v) is 10.2. The molecule has 1 amide bonds. The molecule has 0 radical (unpaired) electrons. The number of thioether (sulfide) groups is 1. The molecule has 0 spiro atoms. The Kier molecular flexibility index (Phi) is 7.14. The second-order valence-electron chi connectivity index (χ2n) is 5.77. The number of nitrogens with one attached hydrogen (secondary N) is 1. The van der Waals surface area contributed by atoms with Gasteiger partial charge in [-0.25, -0.2) is 9.79 Å². The lowest BCUT2D eigenvalue weighted by atomic mass is 10.2. The topological polar surface area (TPSA) is 97.2 Å². The molecule has 2 aromatic carbocycles. The summed E-state index contributed by atoms with van der Waals surface area (Å²) in [5, 5.41) is 12.6. The molecule has 1 heterocycles. The fourth-order valence-electron chi connectivity index (χ4n) is 2.42. The van der Waals surface area contributed by atoms with Gasteiger partial charge in [-0.15, -0.1) is 0 Å². The Balaban J connectivity index is 1.87. The van der Waals surface area contributed by atoms with Gasteiger partial charge in [0.2, 0.25) is 0 Å². The molecule has 0 saturated carbocycles. The summed E-state index contributed by atoms with van der Waals surface area (Å²) in [7, 11) is 1.40. The predicted molar refractivity (Wildman–Crippen MR) is 118 cm³/mol. The van der Waals surface area contributed by atoms with E-state index in [9.17, 15) is 9.59 Å². The zero-order valence-corrected chi connectivity index (χ0v) is 18.3. The molecule has 1 aliphatic rings. The molecule has 1 fully saturated rings. The predicted octanol–water partition coefficient (Wildman–Crippen LogP) is 5.01. The summed E-state index contributed by atoms with van der Waals surface area (Å²) in [5.41, 5.74) is 0.983. The molecule has 30 heavy (non-hydrogen) atoms. The van der Waals surface area contributed by atoms with E-state index in [4.69, 9.17) is 49.4 Å². The maximum Gasteiger partial charge on any atom is 0.341 e. The number of rotatable bonds is 6. The van der Waals surface area contributed by atoms with Crippen molar-refractivity contribution >= 4 is 75.4 Å². The van der Waals surface area contributed by atoms with Crippen molar-refractivity contribution in [2.75, 3.05) is 13.7 Å². The van der Waals surface area contributed by atoms with E-state index in [-0.39, 0.29) is 27.5 Å². The Morgan fingerprint density at radius 2 is 2.03 bits per heavy atom. The Morgan fingerprint density at radius 3 is 2.73 bits per heavy atom. The number of carboxylic acid groups (broad SMARTS) is 1. The largest absolute Gasteiger partial charge is 0.493 e. The zero-order valence-electron chi connectivity index (χ0n) is 15.2. The third kappa shape index (κ3) is 5.20. The van der Waals surface area contributed by atoms with Crippen LogP contribution in [0.3, 0.4) is 0 Å². The summed E-state index contributed by atoms with van der Waals surface area (Å²) >= 11 is 19.4. The SMILES string of the molecule is COc1cc(/C=C2/SC(=Nc3cccc(Cl)c3Cl)NC2=O)cc(Cl)c1OCC(=O)O. The normalized spacial score (nSPS) is 16.1. The lowest BCUT2D eigenvalue weighted by molar-refractivity contribution is -0.139. The lowest BCUT2D eigenvalue weighted by Crippen LogP contribution is -2.19. The van der Waals surface area contributed by atoms with Gasteiger partial charge < -0.3 is 19.9 Å². The number of methoxy groups -OCH3 is 1. The molecule has 0 bridgehead atoms. The smallest absolute Gasteiger partial charge is 0.341 e. The van der Waals surface area contributed by atoms with Gasteiger partial charge in [0, 0.05) is 0 Å². The Morgan fingerprint density at radius 1 is 1.27 bits per heavy atom.